The molecule has 1 saturated heterocycles. The minimum atomic E-state index is -0.435. The average Bonchev–Trinajstić information content (AvgIpc) is 1.83. The Morgan fingerprint density at radius 2 is 2.25 bits per heavy atom. The summed E-state index contributed by atoms with van der Waals surface area (Å²) in [7, 11) is 0. The molecule has 1 aliphatic heterocycles. The number of nitrogens with two attached hydrogens (primary N) is 1. The molecule has 1 fully saturated rings. The van der Waals surface area contributed by atoms with Gasteiger partial charge in [-0.2, -0.15) is 0 Å². The lowest BCUT2D eigenvalue weighted by atomic mass is 9.92. The summed E-state index contributed by atoms with van der Waals surface area (Å²) >= 11 is 0. The van der Waals surface area contributed by atoms with Crippen molar-refractivity contribution in [2.45, 2.75) is 19.9 Å². The molecule has 0 aromatic heterocycles. The van der Waals surface area contributed by atoms with Gasteiger partial charge in [-0.3, -0.25) is 4.79 Å². The van der Waals surface area contributed by atoms with Gasteiger partial charge in [-0.1, -0.05) is 0 Å². The summed E-state index contributed by atoms with van der Waals surface area (Å²) in [5, 5.41) is 6.43. The lowest BCUT2D eigenvalue weighted by Crippen LogP contribution is -2.57. The summed E-state index contributed by atoms with van der Waals surface area (Å²) in [4.78, 5) is 10.9. The average molecular weight is 171 g/mol. The topological polar surface area (TPSA) is 67.2 Å². The normalized spacial score (nSPS) is 18.8. The van der Waals surface area contributed by atoms with Crippen LogP contribution >= 0.6 is 0 Å². The zero-order valence-corrected chi connectivity index (χ0v) is 7.68. The second-order valence-electron chi connectivity index (χ2n) is 3.98. The van der Waals surface area contributed by atoms with Gasteiger partial charge in [0.2, 0.25) is 5.91 Å². The van der Waals surface area contributed by atoms with E-state index in [9.17, 15) is 4.79 Å². The van der Waals surface area contributed by atoms with Gasteiger partial charge in [-0.05, 0) is 13.8 Å². The molecule has 0 aromatic carbocycles. The molecule has 1 heterocycles. The lowest BCUT2D eigenvalue weighted by Gasteiger charge is -2.31. The number of amides is 1. The zero-order valence-electron chi connectivity index (χ0n) is 7.68. The molecule has 0 aliphatic carbocycles. The molecule has 0 radical (unpaired) electrons. The van der Waals surface area contributed by atoms with Crippen molar-refractivity contribution in [3.8, 4) is 0 Å². The SMILES string of the molecule is CC(C)(CNC1CNC1)C(N)=O. The first-order chi connectivity index (χ1) is 5.52. The largest absolute Gasteiger partial charge is 0.369 e. The minimum Gasteiger partial charge on any atom is -0.369 e. The fraction of sp³-hybridized carbons (Fsp3) is 0.875. The van der Waals surface area contributed by atoms with Crippen molar-refractivity contribution >= 4 is 5.91 Å². The highest BCUT2D eigenvalue weighted by Gasteiger charge is 2.26. The molecule has 70 valence electrons. The van der Waals surface area contributed by atoms with Crippen molar-refractivity contribution in [3.63, 3.8) is 0 Å². The smallest absolute Gasteiger partial charge is 0.224 e. The molecule has 1 aliphatic rings. The highest BCUT2D eigenvalue weighted by Crippen LogP contribution is 2.12. The maximum atomic E-state index is 10.9. The van der Waals surface area contributed by atoms with E-state index in [1.165, 1.54) is 0 Å². The molecule has 0 spiro atoms. The van der Waals surface area contributed by atoms with Crippen molar-refractivity contribution in [2.24, 2.45) is 11.1 Å². The molecule has 0 bridgehead atoms. The summed E-state index contributed by atoms with van der Waals surface area (Å²) in [5.74, 6) is -0.248. The van der Waals surface area contributed by atoms with E-state index in [1.807, 2.05) is 13.8 Å². The molecule has 0 unspecified atom stereocenters. The second-order valence-corrected chi connectivity index (χ2v) is 3.98. The quantitative estimate of drug-likeness (QED) is 0.511. The summed E-state index contributed by atoms with van der Waals surface area (Å²) in [6.45, 7) is 6.36. The monoisotopic (exact) mass is 171 g/mol. The minimum absolute atomic E-state index is 0.248. The van der Waals surface area contributed by atoms with E-state index in [0.29, 0.717) is 12.6 Å². The third-order valence-corrected chi connectivity index (χ3v) is 2.28. The molecule has 0 aromatic rings. The van der Waals surface area contributed by atoms with E-state index in [2.05, 4.69) is 10.6 Å². The summed E-state index contributed by atoms with van der Waals surface area (Å²) in [6, 6.07) is 0.517. The molecule has 12 heavy (non-hydrogen) atoms. The van der Waals surface area contributed by atoms with Crippen LogP contribution in [0.25, 0.3) is 0 Å². The van der Waals surface area contributed by atoms with Crippen LogP contribution in [0.5, 0.6) is 0 Å². The molecule has 4 heteroatoms. The predicted octanol–water partition coefficient (Wildman–Crippen LogP) is -0.941. The molecular weight excluding hydrogens is 154 g/mol. The molecule has 1 rings (SSSR count). The fourth-order valence-electron chi connectivity index (χ4n) is 0.920. The van der Waals surface area contributed by atoms with E-state index in [1.54, 1.807) is 0 Å². The van der Waals surface area contributed by atoms with E-state index < -0.39 is 5.41 Å². The number of hydrogen-bond acceptors (Lipinski definition) is 3. The Morgan fingerprint density at radius 1 is 1.67 bits per heavy atom. The Hall–Kier alpha value is -0.610. The molecule has 0 saturated carbocycles. The molecule has 0 atom stereocenters. The first-order valence-electron chi connectivity index (χ1n) is 4.26. The van der Waals surface area contributed by atoms with Crippen LogP contribution in [0.15, 0.2) is 0 Å². The first-order valence-corrected chi connectivity index (χ1v) is 4.26. The predicted molar refractivity (Wildman–Crippen MR) is 47.6 cm³/mol. The Balaban J connectivity index is 2.24. The Bertz CT molecular complexity index is 175. The van der Waals surface area contributed by atoms with E-state index in [0.717, 1.165) is 13.1 Å². The highest BCUT2D eigenvalue weighted by atomic mass is 16.1. The van der Waals surface area contributed by atoms with Gasteiger partial charge in [-0.25, -0.2) is 0 Å². The molecule has 4 N–H and O–H groups in total. The number of rotatable bonds is 4. The van der Waals surface area contributed by atoms with Crippen LogP contribution in [0.4, 0.5) is 0 Å². The standard InChI is InChI=1S/C8H17N3O/c1-8(2,7(9)12)5-11-6-3-10-4-6/h6,10-11H,3-5H2,1-2H3,(H2,9,12). The van der Waals surface area contributed by atoms with Crippen LogP contribution in [0.3, 0.4) is 0 Å². The van der Waals surface area contributed by atoms with Crippen molar-refractivity contribution < 1.29 is 4.79 Å². The maximum absolute atomic E-state index is 10.9. The van der Waals surface area contributed by atoms with E-state index >= 15 is 0 Å². The van der Waals surface area contributed by atoms with Crippen LogP contribution < -0.4 is 16.4 Å². The maximum Gasteiger partial charge on any atom is 0.224 e. The van der Waals surface area contributed by atoms with Crippen molar-refractivity contribution in [1.29, 1.82) is 0 Å². The summed E-state index contributed by atoms with van der Waals surface area (Å²) in [5.41, 5.74) is 4.79. The van der Waals surface area contributed by atoms with Gasteiger partial charge in [0, 0.05) is 25.7 Å². The fourth-order valence-corrected chi connectivity index (χ4v) is 0.920. The van der Waals surface area contributed by atoms with Crippen LogP contribution in [0, 0.1) is 5.41 Å². The Kier molecular flexibility index (Phi) is 2.69. The van der Waals surface area contributed by atoms with Gasteiger partial charge < -0.3 is 16.4 Å². The summed E-state index contributed by atoms with van der Waals surface area (Å²) in [6.07, 6.45) is 0. The van der Waals surface area contributed by atoms with Gasteiger partial charge in [-0.15, -0.1) is 0 Å². The summed E-state index contributed by atoms with van der Waals surface area (Å²) < 4.78 is 0. The Morgan fingerprint density at radius 3 is 2.58 bits per heavy atom. The van der Waals surface area contributed by atoms with Crippen molar-refractivity contribution in [1.82, 2.24) is 10.6 Å². The van der Waals surface area contributed by atoms with E-state index in [4.69, 9.17) is 5.73 Å². The molecular formula is C8H17N3O. The number of hydrogen-bond donors (Lipinski definition) is 3. The molecule has 1 amide bonds. The van der Waals surface area contributed by atoms with Crippen molar-refractivity contribution in [3.05, 3.63) is 0 Å². The number of primary amides is 1. The second kappa shape index (κ2) is 3.41. The van der Waals surface area contributed by atoms with Gasteiger partial charge in [0.25, 0.3) is 0 Å². The van der Waals surface area contributed by atoms with Gasteiger partial charge in [0.05, 0.1) is 5.41 Å². The van der Waals surface area contributed by atoms with Crippen LogP contribution in [0.2, 0.25) is 0 Å². The van der Waals surface area contributed by atoms with Gasteiger partial charge in [0.15, 0.2) is 0 Å². The highest BCUT2D eigenvalue weighted by molar-refractivity contribution is 5.80. The van der Waals surface area contributed by atoms with Gasteiger partial charge in [0.1, 0.15) is 0 Å². The van der Waals surface area contributed by atoms with E-state index in [-0.39, 0.29) is 5.91 Å². The van der Waals surface area contributed by atoms with Crippen molar-refractivity contribution in [2.75, 3.05) is 19.6 Å². The van der Waals surface area contributed by atoms with Gasteiger partial charge >= 0.3 is 0 Å². The first kappa shape index (κ1) is 9.48. The third-order valence-electron chi connectivity index (χ3n) is 2.28. The van der Waals surface area contributed by atoms with Crippen LogP contribution in [-0.4, -0.2) is 31.6 Å². The number of carbonyl (C=O) groups is 1. The number of nitrogens with one attached hydrogen (secondary N) is 2. The van der Waals surface area contributed by atoms with Crippen LogP contribution in [0.1, 0.15) is 13.8 Å². The Labute approximate surface area is 72.9 Å². The lowest BCUT2D eigenvalue weighted by molar-refractivity contribution is -0.125. The van der Waals surface area contributed by atoms with Crippen LogP contribution in [-0.2, 0) is 4.79 Å². The zero-order chi connectivity index (χ0) is 9.19. The number of carbonyl (C=O) groups excluding carboxylic acids is 1. The third kappa shape index (κ3) is 2.19. The molecule has 4 nitrogen and oxygen atoms in total.